The van der Waals surface area contributed by atoms with Gasteiger partial charge in [-0.25, -0.2) is 4.79 Å². The van der Waals surface area contributed by atoms with Crippen LogP contribution in [0.15, 0.2) is 57.7 Å². The fraction of sp³-hybridized carbons (Fsp3) is 0.348. The van der Waals surface area contributed by atoms with Crippen molar-refractivity contribution in [3.63, 3.8) is 0 Å². The van der Waals surface area contributed by atoms with Gasteiger partial charge in [0.15, 0.2) is 0 Å². The van der Waals surface area contributed by atoms with Crippen LogP contribution in [0.1, 0.15) is 56.3 Å². The van der Waals surface area contributed by atoms with Gasteiger partial charge in [-0.15, -0.1) is 0 Å². The van der Waals surface area contributed by atoms with Crippen molar-refractivity contribution in [3.05, 3.63) is 75.6 Å². The molecule has 1 aromatic heterocycles. The van der Waals surface area contributed by atoms with E-state index in [2.05, 4.69) is 57.3 Å². The summed E-state index contributed by atoms with van der Waals surface area (Å²) in [4.78, 5) is 11.9. The summed E-state index contributed by atoms with van der Waals surface area (Å²) in [6.07, 6.45) is 0. The molecule has 0 saturated heterocycles. The second kappa shape index (κ2) is 7.97. The molecule has 2 aromatic carbocycles. The van der Waals surface area contributed by atoms with Crippen molar-refractivity contribution in [2.75, 3.05) is 0 Å². The maximum absolute atomic E-state index is 11.9. The predicted octanol–water partition coefficient (Wildman–Crippen LogP) is 4.08. The van der Waals surface area contributed by atoms with Gasteiger partial charge in [0.05, 0.1) is 0 Å². The SMILES string of the molecule is CC(C)c1ccc([C@H]([NH2+]Cc2cc(=O)oc3cc(O)ccc23)C(C)C)cc1. The summed E-state index contributed by atoms with van der Waals surface area (Å²) in [5.74, 6) is 1.06. The third-order valence-corrected chi connectivity index (χ3v) is 5.11. The Labute approximate surface area is 159 Å². The lowest BCUT2D eigenvalue weighted by Crippen LogP contribution is -2.84. The number of hydrogen-bond donors (Lipinski definition) is 2. The van der Waals surface area contributed by atoms with E-state index in [1.807, 2.05) is 0 Å². The van der Waals surface area contributed by atoms with Crippen molar-refractivity contribution in [1.29, 1.82) is 0 Å². The molecule has 0 unspecified atom stereocenters. The van der Waals surface area contributed by atoms with Gasteiger partial charge in [-0.05, 0) is 23.6 Å². The summed E-state index contributed by atoms with van der Waals surface area (Å²) < 4.78 is 5.23. The molecule has 1 heterocycles. The summed E-state index contributed by atoms with van der Waals surface area (Å²) in [6.45, 7) is 9.50. The monoisotopic (exact) mass is 366 g/mol. The molecule has 3 rings (SSSR count). The number of phenolic OH excluding ortho intramolecular Hbond substituents is 1. The maximum atomic E-state index is 11.9. The highest BCUT2D eigenvalue weighted by Crippen LogP contribution is 2.23. The Bertz CT molecular complexity index is 971. The largest absolute Gasteiger partial charge is 0.508 e. The molecular formula is C23H28NO3+. The van der Waals surface area contributed by atoms with Gasteiger partial charge in [-0.2, -0.15) is 0 Å². The predicted molar refractivity (Wildman–Crippen MR) is 108 cm³/mol. The third-order valence-electron chi connectivity index (χ3n) is 5.11. The molecule has 0 aliphatic heterocycles. The minimum atomic E-state index is -0.390. The highest BCUT2D eigenvalue weighted by molar-refractivity contribution is 5.81. The van der Waals surface area contributed by atoms with Crippen molar-refractivity contribution in [1.82, 2.24) is 0 Å². The van der Waals surface area contributed by atoms with Gasteiger partial charge in [0.1, 0.15) is 23.9 Å². The molecule has 0 aliphatic rings. The Hall–Kier alpha value is -2.59. The highest BCUT2D eigenvalue weighted by Gasteiger charge is 2.20. The normalized spacial score (nSPS) is 12.8. The first-order chi connectivity index (χ1) is 12.8. The van der Waals surface area contributed by atoms with Crippen LogP contribution in [-0.4, -0.2) is 5.11 Å². The number of nitrogens with two attached hydrogens (primary N) is 1. The second-order valence-electron chi connectivity index (χ2n) is 7.80. The van der Waals surface area contributed by atoms with Crippen molar-refractivity contribution in [2.45, 2.75) is 46.2 Å². The minimum Gasteiger partial charge on any atom is -0.508 e. The molecule has 4 heteroatoms. The summed E-state index contributed by atoms with van der Waals surface area (Å²) in [5.41, 5.74) is 3.59. The van der Waals surface area contributed by atoms with Gasteiger partial charge in [0.2, 0.25) is 0 Å². The smallest absolute Gasteiger partial charge is 0.336 e. The molecule has 0 radical (unpaired) electrons. The summed E-state index contributed by atoms with van der Waals surface area (Å²) >= 11 is 0. The van der Waals surface area contributed by atoms with E-state index in [4.69, 9.17) is 4.42 Å². The van der Waals surface area contributed by atoms with Gasteiger partial charge >= 0.3 is 5.63 Å². The van der Waals surface area contributed by atoms with Crippen LogP contribution in [0.2, 0.25) is 0 Å². The Morgan fingerprint density at radius 1 is 0.963 bits per heavy atom. The second-order valence-corrected chi connectivity index (χ2v) is 7.80. The van der Waals surface area contributed by atoms with Crippen LogP contribution in [0.4, 0.5) is 0 Å². The first-order valence-electron chi connectivity index (χ1n) is 9.54. The number of benzene rings is 2. The molecule has 0 amide bonds. The average molecular weight is 366 g/mol. The topological polar surface area (TPSA) is 67.0 Å². The average Bonchev–Trinajstić information content (AvgIpc) is 2.61. The van der Waals surface area contributed by atoms with E-state index in [0.29, 0.717) is 30.0 Å². The Balaban J connectivity index is 1.86. The van der Waals surface area contributed by atoms with Crippen LogP contribution in [0.25, 0.3) is 11.0 Å². The number of aromatic hydroxyl groups is 1. The molecule has 27 heavy (non-hydrogen) atoms. The molecule has 0 fully saturated rings. The number of quaternary nitrogens is 1. The van der Waals surface area contributed by atoms with Crippen molar-refractivity contribution >= 4 is 11.0 Å². The van der Waals surface area contributed by atoms with Gasteiger partial charge in [-0.1, -0.05) is 52.0 Å². The molecule has 142 valence electrons. The standard InChI is InChI=1S/C23H27NO3/c1-14(2)16-5-7-17(8-6-16)23(15(3)4)24-13-18-11-22(26)27-21-12-19(25)9-10-20(18)21/h5-12,14-15,23-25H,13H2,1-4H3/p+1/t23-/m1/s1. The first kappa shape index (κ1) is 19.2. The van der Waals surface area contributed by atoms with Crippen molar-refractivity contribution in [3.8, 4) is 5.75 Å². The Morgan fingerprint density at radius 2 is 1.63 bits per heavy atom. The Kier molecular flexibility index (Phi) is 5.66. The fourth-order valence-electron chi connectivity index (χ4n) is 3.54. The zero-order chi connectivity index (χ0) is 19.6. The molecule has 3 aromatic rings. The quantitative estimate of drug-likeness (QED) is 0.646. The molecule has 0 saturated carbocycles. The summed E-state index contributed by atoms with van der Waals surface area (Å²) in [5, 5.41) is 12.8. The van der Waals surface area contributed by atoms with E-state index in [1.54, 1.807) is 18.2 Å². The lowest BCUT2D eigenvalue weighted by molar-refractivity contribution is -0.717. The molecule has 1 atom stereocenters. The molecule has 3 N–H and O–H groups in total. The zero-order valence-corrected chi connectivity index (χ0v) is 16.4. The van der Waals surface area contributed by atoms with Gasteiger partial charge in [-0.3, -0.25) is 0 Å². The van der Waals surface area contributed by atoms with Crippen molar-refractivity contribution in [2.24, 2.45) is 5.92 Å². The van der Waals surface area contributed by atoms with Crippen LogP contribution in [0.5, 0.6) is 5.75 Å². The van der Waals surface area contributed by atoms with Gasteiger partial charge in [0.25, 0.3) is 0 Å². The van der Waals surface area contributed by atoms with Crippen molar-refractivity contribution < 1.29 is 14.8 Å². The molecular weight excluding hydrogens is 338 g/mol. The third kappa shape index (κ3) is 4.40. The lowest BCUT2D eigenvalue weighted by atomic mass is 9.93. The van der Waals surface area contributed by atoms with Gasteiger partial charge in [0, 0.05) is 34.6 Å². The van der Waals surface area contributed by atoms with Crippen LogP contribution in [0, 0.1) is 5.92 Å². The molecule has 4 nitrogen and oxygen atoms in total. The van der Waals surface area contributed by atoms with Crippen LogP contribution in [-0.2, 0) is 6.54 Å². The lowest BCUT2D eigenvalue weighted by Gasteiger charge is -2.20. The number of hydrogen-bond acceptors (Lipinski definition) is 3. The Morgan fingerprint density at radius 3 is 2.26 bits per heavy atom. The van der Waals surface area contributed by atoms with Crippen LogP contribution < -0.4 is 10.9 Å². The van der Waals surface area contributed by atoms with Gasteiger partial charge < -0.3 is 14.8 Å². The van der Waals surface area contributed by atoms with E-state index in [-0.39, 0.29) is 11.4 Å². The highest BCUT2D eigenvalue weighted by atomic mass is 16.4. The number of rotatable bonds is 6. The van der Waals surface area contributed by atoms with E-state index in [0.717, 1.165) is 10.9 Å². The maximum Gasteiger partial charge on any atom is 0.336 e. The fourth-order valence-corrected chi connectivity index (χ4v) is 3.54. The minimum absolute atomic E-state index is 0.0945. The molecule has 0 spiro atoms. The van der Waals surface area contributed by atoms with E-state index in [9.17, 15) is 9.90 Å². The van der Waals surface area contributed by atoms with Crippen LogP contribution in [0.3, 0.4) is 0 Å². The summed E-state index contributed by atoms with van der Waals surface area (Å²) in [7, 11) is 0. The number of fused-ring (bicyclic) bond motifs is 1. The summed E-state index contributed by atoms with van der Waals surface area (Å²) in [6, 6.07) is 15.6. The molecule has 0 aliphatic carbocycles. The number of phenols is 1. The van der Waals surface area contributed by atoms with Crippen LogP contribution >= 0.6 is 0 Å². The van der Waals surface area contributed by atoms with E-state index < -0.39 is 0 Å². The molecule has 0 bridgehead atoms. The zero-order valence-electron chi connectivity index (χ0n) is 16.4. The van der Waals surface area contributed by atoms with E-state index >= 15 is 0 Å². The first-order valence-corrected chi connectivity index (χ1v) is 9.54. The van der Waals surface area contributed by atoms with E-state index in [1.165, 1.54) is 17.2 Å².